The number of carbonyl (C=O) groups is 2. The van der Waals surface area contributed by atoms with Gasteiger partial charge in [-0.1, -0.05) is 18.0 Å². The number of nitrogens with zero attached hydrogens (tertiary/aromatic N) is 2. The summed E-state index contributed by atoms with van der Waals surface area (Å²) < 4.78 is 0. The Balaban J connectivity index is 2.18. The Kier molecular flexibility index (Phi) is 4.37. The van der Waals surface area contributed by atoms with Crippen LogP contribution in [0.4, 0.5) is 5.69 Å². The second-order valence-electron chi connectivity index (χ2n) is 4.74. The van der Waals surface area contributed by atoms with Crippen LogP contribution in [0.15, 0.2) is 12.3 Å². The van der Waals surface area contributed by atoms with Gasteiger partial charge >= 0.3 is 5.97 Å². The van der Waals surface area contributed by atoms with E-state index >= 15 is 0 Å². The first-order chi connectivity index (χ1) is 9.90. The average molecular weight is 314 g/mol. The number of aromatic nitrogens is 1. The van der Waals surface area contributed by atoms with Gasteiger partial charge in [0, 0.05) is 12.1 Å². The Labute approximate surface area is 124 Å². The van der Waals surface area contributed by atoms with Crippen LogP contribution in [0.25, 0.3) is 0 Å². The second-order valence-corrected chi connectivity index (χ2v) is 5.10. The van der Waals surface area contributed by atoms with Crippen molar-refractivity contribution in [3.8, 4) is 0 Å². The summed E-state index contributed by atoms with van der Waals surface area (Å²) in [7, 11) is 0. The van der Waals surface area contributed by atoms with E-state index in [-0.39, 0.29) is 16.4 Å². The van der Waals surface area contributed by atoms with Crippen LogP contribution in [0.3, 0.4) is 0 Å². The molecule has 0 aliphatic heterocycles. The van der Waals surface area contributed by atoms with Crippen molar-refractivity contribution in [3.63, 3.8) is 0 Å². The molecule has 21 heavy (non-hydrogen) atoms. The summed E-state index contributed by atoms with van der Waals surface area (Å²) in [6, 6.07) is 0.514. The monoisotopic (exact) mass is 313 g/mol. The molecule has 0 bridgehead atoms. The van der Waals surface area contributed by atoms with E-state index in [1.165, 1.54) is 0 Å². The van der Waals surface area contributed by atoms with Gasteiger partial charge in [0.05, 0.1) is 16.4 Å². The molecule has 1 fully saturated rings. The number of carbonyl (C=O) groups excluding carboxylic acids is 1. The van der Waals surface area contributed by atoms with Crippen LogP contribution in [-0.4, -0.2) is 32.9 Å². The summed E-state index contributed by atoms with van der Waals surface area (Å²) in [6.45, 7) is 0. The van der Waals surface area contributed by atoms with Crippen molar-refractivity contribution in [2.45, 2.75) is 25.3 Å². The van der Waals surface area contributed by atoms with E-state index in [9.17, 15) is 19.7 Å². The molecule has 0 aromatic carbocycles. The predicted molar refractivity (Wildman–Crippen MR) is 72.1 cm³/mol. The SMILES string of the molecule is O=C(NC1CCCC1C(=O)O)c1cc([N+](=O)[O-])cnc1Cl. The molecule has 8 nitrogen and oxygen atoms in total. The standard InChI is InChI=1S/C12H12ClN3O5/c13-10-8(4-6(5-14-10)16(20)21)11(17)15-9-3-1-2-7(9)12(18)19/h4-5,7,9H,1-3H2,(H,15,17)(H,18,19). The molecule has 2 atom stereocenters. The van der Waals surface area contributed by atoms with Gasteiger partial charge in [-0.15, -0.1) is 0 Å². The molecule has 9 heteroatoms. The van der Waals surface area contributed by atoms with Gasteiger partial charge in [0.25, 0.3) is 11.6 Å². The smallest absolute Gasteiger partial charge is 0.308 e. The molecule has 0 saturated heterocycles. The molecule has 2 unspecified atom stereocenters. The fourth-order valence-corrected chi connectivity index (χ4v) is 2.56. The first-order valence-corrected chi connectivity index (χ1v) is 6.61. The molecule has 0 radical (unpaired) electrons. The lowest BCUT2D eigenvalue weighted by Crippen LogP contribution is -2.40. The minimum absolute atomic E-state index is 0.137. The fourth-order valence-electron chi connectivity index (χ4n) is 2.37. The molecule has 2 N–H and O–H groups in total. The molecule has 1 heterocycles. The third-order valence-corrected chi connectivity index (χ3v) is 3.73. The minimum Gasteiger partial charge on any atom is -0.481 e. The molecule has 1 amide bonds. The van der Waals surface area contributed by atoms with E-state index in [1.807, 2.05) is 0 Å². The van der Waals surface area contributed by atoms with Gasteiger partial charge in [-0.25, -0.2) is 4.98 Å². The van der Waals surface area contributed by atoms with E-state index in [1.54, 1.807) is 0 Å². The Bertz CT molecular complexity index is 607. The van der Waals surface area contributed by atoms with Gasteiger partial charge in [0.15, 0.2) is 0 Å². The number of nitro groups is 1. The van der Waals surface area contributed by atoms with Crippen molar-refractivity contribution in [3.05, 3.63) is 33.1 Å². The fraction of sp³-hybridized carbons (Fsp3) is 0.417. The zero-order valence-corrected chi connectivity index (χ0v) is 11.5. The van der Waals surface area contributed by atoms with Crippen molar-refractivity contribution in [1.82, 2.24) is 10.3 Å². The molecular formula is C12H12ClN3O5. The number of nitrogens with one attached hydrogen (secondary N) is 1. The van der Waals surface area contributed by atoms with Crippen molar-refractivity contribution in [1.29, 1.82) is 0 Å². The van der Waals surface area contributed by atoms with Crippen LogP contribution in [-0.2, 0) is 4.79 Å². The van der Waals surface area contributed by atoms with Gasteiger partial charge in [0.1, 0.15) is 11.3 Å². The van der Waals surface area contributed by atoms with Crippen LogP contribution >= 0.6 is 11.6 Å². The van der Waals surface area contributed by atoms with Gasteiger partial charge in [-0.05, 0) is 12.8 Å². The Hall–Kier alpha value is -2.22. The maximum atomic E-state index is 12.1. The maximum Gasteiger partial charge on any atom is 0.308 e. The van der Waals surface area contributed by atoms with Crippen molar-refractivity contribution >= 4 is 29.2 Å². The summed E-state index contributed by atoms with van der Waals surface area (Å²) in [5.74, 6) is -2.28. The molecule has 1 aromatic rings. The van der Waals surface area contributed by atoms with E-state index < -0.39 is 28.8 Å². The predicted octanol–water partition coefficient (Wildman–Crippen LogP) is 1.63. The molecule has 0 spiro atoms. The van der Waals surface area contributed by atoms with Crippen LogP contribution in [0, 0.1) is 16.0 Å². The zero-order chi connectivity index (χ0) is 15.6. The summed E-state index contributed by atoms with van der Waals surface area (Å²) in [5, 5.41) is 22.1. The van der Waals surface area contributed by atoms with Crippen LogP contribution in [0.5, 0.6) is 0 Å². The Morgan fingerprint density at radius 1 is 1.48 bits per heavy atom. The van der Waals surface area contributed by atoms with Gasteiger partial charge in [0.2, 0.25) is 0 Å². The Morgan fingerprint density at radius 3 is 2.81 bits per heavy atom. The van der Waals surface area contributed by atoms with Crippen molar-refractivity contribution < 1.29 is 19.6 Å². The zero-order valence-electron chi connectivity index (χ0n) is 10.8. The van der Waals surface area contributed by atoms with E-state index in [4.69, 9.17) is 16.7 Å². The number of hydrogen-bond donors (Lipinski definition) is 2. The third-order valence-electron chi connectivity index (χ3n) is 3.43. The second kappa shape index (κ2) is 6.04. The highest BCUT2D eigenvalue weighted by atomic mass is 35.5. The van der Waals surface area contributed by atoms with Crippen molar-refractivity contribution in [2.75, 3.05) is 0 Å². The number of aliphatic carboxylic acids is 1. The Morgan fingerprint density at radius 2 is 2.19 bits per heavy atom. The highest BCUT2D eigenvalue weighted by molar-refractivity contribution is 6.32. The quantitative estimate of drug-likeness (QED) is 0.495. The highest BCUT2D eigenvalue weighted by Crippen LogP contribution is 2.27. The number of carboxylic acid groups (broad SMARTS) is 1. The van der Waals surface area contributed by atoms with Crippen LogP contribution in [0.2, 0.25) is 5.15 Å². The maximum absolute atomic E-state index is 12.1. The molecule has 1 aliphatic rings. The summed E-state index contributed by atoms with van der Waals surface area (Å²) >= 11 is 5.77. The summed E-state index contributed by atoms with van der Waals surface area (Å²) in [4.78, 5) is 36.8. The first-order valence-electron chi connectivity index (χ1n) is 6.23. The lowest BCUT2D eigenvalue weighted by Gasteiger charge is -2.17. The van der Waals surface area contributed by atoms with Gasteiger partial charge < -0.3 is 10.4 Å². The summed E-state index contributed by atoms with van der Waals surface area (Å²) in [5.41, 5.74) is -0.493. The van der Waals surface area contributed by atoms with E-state index in [2.05, 4.69) is 10.3 Å². The van der Waals surface area contributed by atoms with Gasteiger partial charge in [-0.3, -0.25) is 19.7 Å². The third kappa shape index (κ3) is 3.27. The van der Waals surface area contributed by atoms with Crippen LogP contribution < -0.4 is 5.32 Å². The van der Waals surface area contributed by atoms with Gasteiger partial charge in [-0.2, -0.15) is 0 Å². The molecule has 112 valence electrons. The lowest BCUT2D eigenvalue weighted by atomic mass is 10.0. The normalized spacial score (nSPS) is 21.0. The number of carboxylic acids is 1. The van der Waals surface area contributed by atoms with Crippen LogP contribution in [0.1, 0.15) is 29.6 Å². The highest BCUT2D eigenvalue weighted by Gasteiger charge is 2.34. The largest absolute Gasteiger partial charge is 0.481 e. The molecule has 1 saturated carbocycles. The summed E-state index contributed by atoms with van der Waals surface area (Å²) in [6.07, 6.45) is 2.68. The average Bonchev–Trinajstić information content (AvgIpc) is 2.87. The molecule has 1 aliphatic carbocycles. The topological polar surface area (TPSA) is 122 Å². The number of halogens is 1. The molecule has 1 aromatic heterocycles. The molecule has 2 rings (SSSR count). The number of hydrogen-bond acceptors (Lipinski definition) is 5. The molecular weight excluding hydrogens is 302 g/mol. The lowest BCUT2D eigenvalue weighted by molar-refractivity contribution is -0.385. The minimum atomic E-state index is -0.971. The number of rotatable bonds is 4. The van der Waals surface area contributed by atoms with E-state index in [0.717, 1.165) is 12.3 Å². The number of pyridine rings is 1. The number of amides is 1. The van der Waals surface area contributed by atoms with Crippen molar-refractivity contribution in [2.24, 2.45) is 5.92 Å². The first kappa shape index (κ1) is 15.2. The van der Waals surface area contributed by atoms with E-state index in [0.29, 0.717) is 19.3 Å².